The van der Waals surface area contributed by atoms with Crippen LogP contribution in [0.25, 0.3) is 10.9 Å². The van der Waals surface area contributed by atoms with E-state index in [0.29, 0.717) is 11.4 Å². The summed E-state index contributed by atoms with van der Waals surface area (Å²) in [5.41, 5.74) is 2.51. The SMILES string of the molecule is COc1cc(CC(=O)[O-])[nH+]c2ccc(N3CCOCC3)cc12. The van der Waals surface area contributed by atoms with Crippen LogP contribution in [0.4, 0.5) is 5.69 Å². The van der Waals surface area contributed by atoms with Gasteiger partial charge in [-0.1, -0.05) is 0 Å². The molecule has 0 radical (unpaired) electrons. The lowest BCUT2D eigenvalue weighted by atomic mass is 10.1. The molecule has 1 aromatic carbocycles. The third kappa shape index (κ3) is 2.96. The maximum Gasteiger partial charge on any atom is 0.214 e. The Balaban J connectivity index is 2.01. The molecule has 0 aliphatic carbocycles. The zero-order valence-electron chi connectivity index (χ0n) is 12.4. The van der Waals surface area contributed by atoms with Gasteiger partial charge in [0.1, 0.15) is 5.75 Å². The van der Waals surface area contributed by atoms with E-state index in [9.17, 15) is 9.90 Å². The number of hydrogen-bond donors (Lipinski definition) is 0. The Hall–Kier alpha value is -2.34. The molecule has 0 unspecified atom stereocenters. The van der Waals surface area contributed by atoms with Gasteiger partial charge in [-0.25, -0.2) is 4.98 Å². The van der Waals surface area contributed by atoms with Gasteiger partial charge >= 0.3 is 0 Å². The number of ether oxygens (including phenoxy) is 2. The number of nitrogens with one attached hydrogen (secondary N) is 1. The Kier molecular flexibility index (Phi) is 4.11. The van der Waals surface area contributed by atoms with Gasteiger partial charge in [0.05, 0.1) is 38.1 Å². The normalized spacial score (nSPS) is 15.0. The lowest BCUT2D eigenvalue weighted by Gasteiger charge is -2.28. The number of benzene rings is 1. The van der Waals surface area contributed by atoms with Crippen LogP contribution in [0.2, 0.25) is 0 Å². The molecule has 1 aliphatic rings. The maximum absolute atomic E-state index is 10.8. The summed E-state index contributed by atoms with van der Waals surface area (Å²) in [5.74, 6) is -0.470. The fraction of sp³-hybridized carbons (Fsp3) is 0.375. The summed E-state index contributed by atoms with van der Waals surface area (Å²) in [5, 5.41) is 11.7. The number of rotatable bonds is 4. The van der Waals surface area contributed by atoms with E-state index < -0.39 is 5.97 Å². The molecule has 1 N–H and O–H groups in total. The van der Waals surface area contributed by atoms with Crippen molar-refractivity contribution in [3.63, 3.8) is 0 Å². The Morgan fingerprint density at radius 2 is 2.14 bits per heavy atom. The lowest BCUT2D eigenvalue weighted by Crippen LogP contribution is -2.36. The number of carbonyl (C=O) groups is 1. The number of aromatic amines is 1. The van der Waals surface area contributed by atoms with Crippen LogP contribution in [-0.2, 0) is 16.0 Å². The summed E-state index contributed by atoms with van der Waals surface area (Å²) in [7, 11) is 1.58. The second-order valence-corrected chi connectivity index (χ2v) is 5.24. The molecule has 0 amide bonds. The summed E-state index contributed by atoms with van der Waals surface area (Å²) in [6.45, 7) is 3.18. The van der Waals surface area contributed by atoms with Crippen molar-refractivity contribution in [2.24, 2.45) is 0 Å². The van der Waals surface area contributed by atoms with Crippen LogP contribution in [0.15, 0.2) is 24.3 Å². The first-order valence-corrected chi connectivity index (χ1v) is 7.23. The van der Waals surface area contributed by atoms with Gasteiger partial charge in [-0.2, -0.15) is 0 Å². The molecular weight excluding hydrogens is 284 g/mol. The molecule has 3 rings (SSSR count). The van der Waals surface area contributed by atoms with E-state index >= 15 is 0 Å². The van der Waals surface area contributed by atoms with E-state index in [2.05, 4.69) is 16.0 Å². The van der Waals surface area contributed by atoms with E-state index in [1.807, 2.05) is 12.1 Å². The molecule has 6 heteroatoms. The number of aromatic nitrogens is 1. The number of methoxy groups -OCH3 is 1. The second kappa shape index (κ2) is 6.19. The number of nitrogens with zero attached hydrogens (tertiary/aromatic N) is 1. The van der Waals surface area contributed by atoms with Crippen molar-refractivity contribution in [3.8, 4) is 5.75 Å². The van der Waals surface area contributed by atoms with Gasteiger partial charge in [0.15, 0.2) is 5.69 Å². The van der Waals surface area contributed by atoms with Crippen LogP contribution in [0.5, 0.6) is 5.75 Å². The van der Waals surface area contributed by atoms with Crippen LogP contribution < -0.4 is 19.7 Å². The molecule has 0 saturated carbocycles. The number of aliphatic carboxylic acids is 1. The molecule has 2 heterocycles. The zero-order valence-corrected chi connectivity index (χ0v) is 12.4. The standard InChI is InChI=1S/C16H18N2O4/c1-21-15-8-11(9-16(19)20)17-14-3-2-12(10-13(14)15)18-4-6-22-7-5-18/h2-3,8,10H,4-7,9H2,1H3,(H,19,20). The molecule has 0 atom stereocenters. The van der Waals surface area contributed by atoms with E-state index in [-0.39, 0.29) is 6.42 Å². The molecule has 1 aliphatic heterocycles. The van der Waals surface area contributed by atoms with Crippen molar-refractivity contribution < 1.29 is 24.4 Å². The maximum atomic E-state index is 10.8. The summed E-state index contributed by atoms with van der Waals surface area (Å²) < 4.78 is 10.8. The number of carbonyl (C=O) groups excluding carboxylic acids is 1. The monoisotopic (exact) mass is 302 g/mol. The molecule has 1 saturated heterocycles. The predicted molar refractivity (Wildman–Crippen MR) is 78.8 cm³/mol. The van der Waals surface area contributed by atoms with Crippen LogP contribution in [0.3, 0.4) is 0 Å². The molecule has 2 aromatic rings. The first-order valence-electron chi connectivity index (χ1n) is 7.23. The quantitative estimate of drug-likeness (QED) is 0.781. The summed E-state index contributed by atoms with van der Waals surface area (Å²) in [4.78, 5) is 16.2. The summed E-state index contributed by atoms with van der Waals surface area (Å²) in [6.07, 6.45) is -0.169. The fourth-order valence-corrected chi connectivity index (χ4v) is 2.73. The zero-order chi connectivity index (χ0) is 15.5. The Bertz CT molecular complexity index is 696. The van der Waals surface area contributed by atoms with Crippen molar-refractivity contribution >= 4 is 22.6 Å². The van der Waals surface area contributed by atoms with Gasteiger partial charge in [0, 0.05) is 30.9 Å². The third-order valence-corrected chi connectivity index (χ3v) is 3.80. The van der Waals surface area contributed by atoms with E-state index in [1.165, 1.54) is 0 Å². The highest BCUT2D eigenvalue weighted by Gasteiger charge is 2.16. The molecule has 116 valence electrons. The molecule has 1 aromatic heterocycles. The highest BCUT2D eigenvalue weighted by molar-refractivity contribution is 5.86. The molecule has 6 nitrogen and oxygen atoms in total. The fourth-order valence-electron chi connectivity index (χ4n) is 2.73. The van der Waals surface area contributed by atoms with Crippen molar-refractivity contribution in [1.29, 1.82) is 0 Å². The number of fused-ring (bicyclic) bond motifs is 1. The highest BCUT2D eigenvalue weighted by Crippen LogP contribution is 2.28. The topological polar surface area (TPSA) is 76.0 Å². The number of H-pyrrole nitrogens is 1. The van der Waals surface area contributed by atoms with E-state index in [1.54, 1.807) is 13.2 Å². The minimum Gasteiger partial charge on any atom is -0.550 e. The lowest BCUT2D eigenvalue weighted by molar-refractivity contribution is -0.362. The van der Waals surface area contributed by atoms with Crippen molar-refractivity contribution in [2.45, 2.75) is 6.42 Å². The van der Waals surface area contributed by atoms with Crippen molar-refractivity contribution in [3.05, 3.63) is 30.0 Å². The van der Waals surface area contributed by atoms with E-state index in [0.717, 1.165) is 42.9 Å². The molecule has 22 heavy (non-hydrogen) atoms. The predicted octanol–water partition coefficient (Wildman–Crippen LogP) is -0.208. The van der Waals surface area contributed by atoms with Gasteiger partial charge in [0.25, 0.3) is 0 Å². The number of anilines is 1. The Labute approximate surface area is 128 Å². The Morgan fingerprint density at radius 1 is 1.36 bits per heavy atom. The third-order valence-electron chi connectivity index (χ3n) is 3.80. The van der Waals surface area contributed by atoms with Crippen molar-refractivity contribution in [2.75, 3.05) is 38.3 Å². The summed E-state index contributed by atoms with van der Waals surface area (Å²) in [6, 6.07) is 7.73. The molecular formula is C16H18N2O4. The van der Waals surface area contributed by atoms with Crippen LogP contribution >= 0.6 is 0 Å². The smallest absolute Gasteiger partial charge is 0.214 e. The van der Waals surface area contributed by atoms with Gasteiger partial charge in [0.2, 0.25) is 5.52 Å². The van der Waals surface area contributed by atoms with Gasteiger partial charge in [-0.05, 0) is 12.1 Å². The number of carboxylic acid groups (broad SMARTS) is 1. The average molecular weight is 302 g/mol. The van der Waals surface area contributed by atoms with Crippen molar-refractivity contribution in [1.82, 2.24) is 0 Å². The van der Waals surface area contributed by atoms with Crippen LogP contribution in [-0.4, -0.2) is 39.4 Å². The molecule has 1 fully saturated rings. The largest absolute Gasteiger partial charge is 0.550 e. The number of carboxylic acids is 1. The summed E-state index contributed by atoms with van der Waals surface area (Å²) >= 11 is 0. The number of hydrogen-bond acceptors (Lipinski definition) is 5. The first-order chi connectivity index (χ1) is 10.7. The molecule has 0 spiro atoms. The second-order valence-electron chi connectivity index (χ2n) is 5.24. The minimum atomic E-state index is -1.12. The van der Waals surface area contributed by atoms with E-state index in [4.69, 9.17) is 9.47 Å². The first kappa shape index (κ1) is 14.6. The number of morpholine rings is 1. The minimum absolute atomic E-state index is 0.169. The Morgan fingerprint density at radius 3 is 2.82 bits per heavy atom. The van der Waals surface area contributed by atoms with Crippen LogP contribution in [0, 0.1) is 0 Å². The van der Waals surface area contributed by atoms with Crippen LogP contribution in [0.1, 0.15) is 5.69 Å². The molecule has 0 bridgehead atoms. The highest BCUT2D eigenvalue weighted by atomic mass is 16.5. The van der Waals surface area contributed by atoms with Gasteiger partial charge in [-0.15, -0.1) is 0 Å². The van der Waals surface area contributed by atoms with Gasteiger partial charge in [-0.3, -0.25) is 0 Å². The number of pyridine rings is 1. The van der Waals surface area contributed by atoms with Gasteiger partial charge < -0.3 is 24.3 Å². The average Bonchev–Trinajstić information content (AvgIpc) is 2.54.